The van der Waals surface area contributed by atoms with E-state index in [-0.39, 0.29) is 25.6 Å². The molecule has 144 valence electrons. The predicted octanol–water partition coefficient (Wildman–Crippen LogP) is 0.436. The van der Waals surface area contributed by atoms with Crippen molar-refractivity contribution >= 4 is 21.9 Å². The summed E-state index contributed by atoms with van der Waals surface area (Å²) in [5.74, 6) is -1.39. The van der Waals surface area contributed by atoms with Crippen molar-refractivity contribution in [3.8, 4) is 0 Å². The SMILES string of the molecule is CCc1ccc(C(=O)N2CCOC(CN(CC(=O)O)S(C)(=O)=O)C2)cc1. The van der Waals surface area contributed by atoms with Gasteiger partial charge >= 0.3 is 5.97 Å². The fourth-order valence-corrected chi connectivity index (χ4v) is 3.56. The Balaban J connectivity index is 2.05. The van der Waals surface area contributed by atoms with Gasteiger partial charge < -0.3 is 14.7 Å². The number of morpholine rings is 1. The zero-order chi connectivity index (χ0) is 19.3. The number of hydrogen-bond donors (Lipinski definition) is 1. The summed E-state index contributed by atoms with van der Waals surface area (Å²) in [4.78, 5) is 25.2. The molecule has 1 aromatic rings. The molecule has 1 amide bonds. The minimum atomic E-state index is -3.69. The summed E-state index contributed by atoms with van der Waals surface area (Å²) in [5, 5.41) is 8.90. The van der Waals surface area contributed by atoms with Crippen molar-refractivity contribution in [1.29, 1.82) is 0 Å². The van der Waals surface area contributed by atoms with E-state index in [0.29, 0.717) is 12.1 Å². The van der Waals surface area contributed by atoms with Crippen molar-refractivity contribution in [2.45, 2.75) is 19.4 Å². The van der Waals surface area contributed by atoms with Gasteiger partial charge in [0.2, 0.25) is 10.0 Å². The molecule has 26 heavy (non-hydrogen) atoms. The van der Waals surface area contributed by atoms with Crippen molar-refractivity contribution < 1.29 is 27.9 Å². The quantitative estimate of drug-likeness (QED) is 0.731. The van der Waals surface area contributed by atoms with Crippen LogP contribution in [0.2, 0.25) is 0 Å². The first-order valence-corrected chi connectivity index (χ1v) is 10.2. The van der Waals surface area contributed by atoms with E-state index in [2.05, 4.69) is 0 Å². The molecule has 0 saturated carbocycles. The van der Waals surface area contributed by atoms with E-state index in [0.717, 1.165) is 22.5 Å². The van der Waals surface area contributed by atoms with Crippen LogP contribution in [0.15, 0.2) is 24.3 Å². The van der Waals surface area contributed by atoms with Gasteiger partial charge in [0, 0.05) is 25.2 Å². The lowest BCUT2D eigenvalue weighted by Crippen LogP contribution is -2.51. The number of hydrogen-bond acceptors (Lipinski definition) is 5. The van der Waals surface area contributed by atoms with Crippen molar-refractivity contribution in [2.24, 2.45) is 0 Å². The van der Waals surface area contributed by atoms with Gasteiger partial charge in [-0.25, -0.2) is 8.42 Å². The third kappa shape index (κ3) is 5.52. The Bertz CT molecular complexity index is 747. The van der Waals surface area contributed by atoms with Gasteiger partial charge in [0.1, 0.15) is 6.54 Å². The average molecular weight is 384 g/mol. The molecule has 1 aliphatic rings. The average Bonchev–Trinajstić information content (AvgIpc) is 2.60. The Kier molecular flexibility index (Phi) is 6.74. The third-order valence-electron chi connectivity index (χ3n) is 4.22. The standard InChI is InChI=1S/C17H24N2O6S/c1-3-13-4-6-14(7-5-13)17(22)18-8-9-25-15(10-18)11-19(12-16(20)21)26(2,23)24/h4-7,15H,3,8-12H2,1-2H3,(H,20,21). The second-order valence-corrected chi connectivity index (χ2v) is 8.23. The van der Waals surface area contributed by atoms with E-state index in [1.165, 1.54) is 0 Å². The topological polar surface area (TPSA) is 104 Å². The Labute approximate surface area is 153 Å². The zero-order valence-electron chi connectivity index (χ0n) is 14.9. The van der Waals surface area contributed by atoms with Crippen LogP contribution in [0, 0.1) is 0 Å². The lowest BCUT2D eigenvalue weighted by molar-refractivity contribution is -0.137. The molecule has 0 aliphatic carbocycles. The van der Waals surface area contributed by atoms with Crippen LogP contribution in [-0.2, 0) is 26.0 Å². The summed E-state index contributed by atoms with van der Waals surface area (Å²) in [6.07, 6.45) is 1.27. The van der Waals surface area contributed by atoms with Gasteiger partial charge in [0.25, 0.3) is 5.91 Å². The summed E-state index contributed by atoms with van der Waals surface area (Å²) < 4.78 is 29.9. The molecule has 0 aromatic heterocycles. The van der Waals surface area contributed by atoms with Crippen molar-refractivity contribution in [1.82, 2.24) is 9.21 Å². The van der Waals surface area contributed by atoms with Gasteiger partial charge in [-0.3, -0.25) is 9.59 Å². The number of ether oxygens (including phenoxy) is 1. The summed E-state index contributed by atoms with van der Waals surface area (Å²) in [6.45, 7) is 2.18. The molecule has 1 atom stereocenters. The van der Waals surface area contributed by atoms with Gasteiger partial charge in [0.05, 0.1) is 19.0 Å². The molecule has 1 unspecified atom stereocenters. The predicted molar refractivity (Wildman–Crippen MR) is 95.5 cm³/mol. The third-order valence-corrected chi connectivity index (χ3v) is 5.44. The van der Waals surface area contributed by atoms with E-state index in [4.69, 9.17) is 9.84 Å². The number of sulfonamides is 1. The summed E-state index contributed by atoms with van der Waals surface area (Å²) in [7, 11) is -3.69. The van der Waals surface area contributed by atoms with Gasteiger partial charge in [-0.15, -0.1) is 0 Å². The summed E-state index contributed by atoms with van der Waals surface area (Å²) in [6, 6.07) is 7.37. The van der Waals surface area contributed by atoms with Crippen molar-refractivity contribution in [3.05, 3.63) is 35.4 Å². The second kappa shape index (κ2) is 8.61. The minimum absolute atomic E-state index is 0.107. The maximum atomic E-state index is 12.6. The van der Waals surface area contributed by atoms with Crippen LogP contribution < -0.4 is 0 Å². The lowest BCUT2D eigenvalue weighted by atomic mass is 10.1. The van der Waals surface area contributed by atoms with E-state index in [1.54, 1.807) is 17.0 Å². The Morgan fingerprint density at radius 3 is 2.50 bits per heavy atom. The summed E-state index contributed by atoms with van der Waals surface area (Å²) >= 11 is 0. The molecular weight excluding hydrogens is 360 g/mol. The van der Waals surface area contributed by atoms with Crippen LogP contribution in [0.25, 0.3) is 0 Å². The van der Waals surface area contributed by atoms with Crippen LogP contribution in [-0.4, -0.2) is 79.8 Å². The first-order valence-electron chi connectivity index (χ1n) is 8.37. The molecule has 0 bridgehead atoms. The highest BCUT2D eigenvalue weighted by Gasteiger charge is 2.30. The van der Waals surface area contributed by atoms with Gasteiger partial charge in [-0.05, 0) is 24.1 Å². The molecule has 1 fully saturated rings. The summed E-state index contributed by atoms with van der Waals surface area (Å²) in [5.41, 5.74) is 1.70. The number of carbonyl (C=O) groups excluding carboxylic acids is 1. The molecular formula is C17H24N2O6S. The van der Waals surface area contributed by atoms with Crippen molar-refractivity contribution in [3.63, 3.8) is 0 Å². The zero-order valence-corrected chi connectivity index (χ0v) is 15.7. The molecule has 2 rings (SSSR count). The van der Waals surface area contributed by atoms with Crippen LogP contribution in [0.3, 0.4) is 0 Å². The van der Waals surface area contributed by atoms with E-state index in [9.17, 15) is 18.0 Å². The van der Waals surface area contributed by atoms with E-state index >= 15 is 0 Å². The van der Waals surface area contributed by atoms with Crippen molar-refractivity contribution in [2.75, 3.05) is 39.0 Å². The number of benzene rings is 1. The van der Waals surface area contributed by atoms with Crippen LogP contribution >= 0.6 is 0 Å². The number of carboxylic acid groups (broad SMARTS) is 1. The van der Waals surface area contributed by atoms with Gasteiger partial charge in [-0.2, -0.15) is 4.31 Å². The number of aliphatic carboxylic acids is 1. The van der Waals surface area contributed by atoms with Crippen LogP contribution in [0.1, 0.15) is 22.8 Å². The highest BCUT2D eigenvalue weighted by atomic mass is 32.2. The lowest BCUT2D eigenvalue weighted by Gasteiger charge is -2.35. The van der Waals surface area contributed by atoms with Crippen LogP contribution in [0.5, 0.6) is 0 Å². The highest BCUT2D eigenvalue weighted by molar-refractivity contribution is 7.88. The molecule has 9 heteroatoms. The van der Waals surface area contributed by atoms with Gasteiger partial charge in [-0.1, -0.05) is 19.1 Å². The van der Waals surface area contributed by atoms with E-state index in [1.807, 2.05) is 19.1 Å². The monoisotopic (exact) mass is 384 g/mol. The molecule has 0 radical (unpaired) electrons. The number of aryl methyl sites for hydroxylation is 1. The molecule has 1 heterocycles. The number of rotatable bonds is 7. The van der Waals surface area contributed by atoms with E-state index < -0.39 is 28.6 Å². The number of nitrogens with zero attached hydrogens (tertiary/aromatic N) is 2. The maximum absolute atomic E-state index is 12.6. The number of amides is 1. The minimum Gasteiger partial charge on any atom is -0.480 e. The molecule has 8 nitrogen and oxygen atoms in total. The number of carboxylic acids is 1. The molecule has 1 saturated heterocycles. The molecule has 0 spiro atoms. The largest absolute Gasteiger partial charge is 0.480 e. The maximum Gasteiger partial charge on any atom is 0.318 e. The smallest absolute Gasteiger partial charge is 0.318 e. The first-order chi connectivity index (χ1) is 12.2. The second-order valence-electron chi connectivity index (χ2n) is 6.24. The fraction of sp³-hybridized carbons (Fsp3) is 0.529. The molecule has 1 N–H and O–H groups in total. The van der Waals surface area contributed by atoms with Crippen LogP contribution in [0.4, 0.5) is 0 Å². The fourth-order valence-electron chi connectivity index (χ4n) is 2.78. The Morgan fingerprint density at radius 1 is 1.31 bits per heavy atom. The number of carbonyl (C=O) groups is 2. The Morgan fingerprint density at radius 2 is 1.96 bits per heavy atom. The highest BCUT2D eigenvalue weighted by Crippen LogP contribution is 2.14. The molecule has 1 aromatic carbocycles. The molecule has 1 aliphatic heterocycles. The Hall–Kier alpha value is -1.97. The van der Waals surface area contributed by atoms with Gasteiger partial charge in [0.15, 0.2) is 0 Å². The first kappa shape index (κ1) is 20.3. The normalized spacial score (nSPS) is 18.1.